The summed E-state index contributed by atoms with van der Waals surface area (Å²) >= 11 is 0. The zero-order chi connectivity index (χ0) is 20.0. The molecule has 0 aromatic heterocycles. The lowest BCUT2D eigenvalue weighted by Crippen LogP contribution is -2.49. The molecule has 5 amide bonds. The number of imide groups is 1. The minimum absolute atomic E-state index is 0.183. The molecule has 1 saturated heterocycles. The molecule has 8 heteroatoms. The molecule has 0 N–H and O–H groups in total. The molecule has 0 atom stereocenters. The van der Waals surface area contributed by atoms with Crippen LogP contribution in [0.25, 0.3) is 0 Å². The molecule has 0 bridgehead atoms. The van der Waals surface area contributed by atoms with E-state index in [9.17, 15) is 19.2 Å². The lowest BCUT2D eigenvalue weighted by Gasteiger charge is -2.32. The highest BCUT2D eigenvalue weighted by molar-refractivity contribution is 6.24. The van der Waals surface area contributed by atoms with E-state index in [-0.39, 0.29) is 30.0 Å². The van der Waals surface area contributed by atoms with E-state index in [1.54, 1.807) is 42.5 Å². The van der Waals surface area contributed by atoms with Gasteiger partial charge in [-0.3, -0.25) is 24.2 Å². The fraction of sp³-hybridized carbons (Fsp3) is 0.200. The number of carbonyl (C=O) groups is 4. The van der Waals surface area contributed by atoms with Crippen molar-refractivity contribution in [2.24, 2.45) is 0 Å². The first-order chi connectivity index (χ1) is 13.4. The number of rotatable bonds is 2. The Bertz CT molecular complexity index is 1000. The third kappa shape index (κ3) is 2.53. The second kappa shape index (κ2) is 6.49. The van der Waals surface area contributed by atoms with Crippen LogP contribution in [0, 0.1) is 0 Å². The summed E-state index contributed by atoms with van der Waals surface area (Å²) in [6.07, 6.45) is 0.210. The number of hydrazine groups is 1. The van der Waals surface area contributed by atoms with E-state index in [0.717, 1.165) is 4.90 Å². The van der Waals surface area contributed by atoms with Crippen molar-refractivity contribution in [3.63, 3.8) is 0 Å². The number of para-hydroxylation sites is 1. The summed E-state index contributed by atoms with van der Waals surface area (Å²) in [4.78, 5) is 52.6. The Morgan fingerprint density at radius 3 is 2.39 bits per heavy atom. The summed E-state index contributed by atoms with van der Waals surface area (Å²) < 4.78 is 0. The number of nitrogens with zero attached hydrogens (tertiary/aromatic N) is 4. The van der Waals surface area contributed by atoms with Crippen LogP contribution in [0.4, 0.5) is 16.2 Å². The fourth-order valence-corrected chi connectivity index (χ4v) is 3.52. The van der Waals surface area contributed by atoms with Gasteiger partial charge in [0.25, 0.3) is 11.8 Å². The van der Waals surface area contributed by atoms with E-state index < -0.39 is 17.8 Å². The van der Waals surface area contributed by atoms with Crippen molar-refractivity contribution in [3.8, 4) is 0 Å². The lowest BCUT2D eigenvalue weighted by atomic mass is 10.1. The Kier molecular flexibility index (Phi) is 4.11. The standard InChI is InChI=1S/C20H18N4O4/c1-21(15-10-6-9-14-17(15)19(27)22(2)18(14)26)20(28)23-12-11-16(25)24(23)13-7-4-3-5-8-13/h3-10H,11-12H2,1-2H3. The van der Waals surface area contributed by atoms with Crippen molar-refractivity contribution >= 4 is 35.1 Å². The SMILES string of the molecule is CN1C(=O)c2cccc(N(C)C(=O)N3CCC(=O)N3c3ccccc3)c2C1=O. The zero-order valence-corrected chi connectivity index (χ0v) is 15.5. The maximum atomic E-state index is 13.2. The van der Waals surface area contributed by atoms with Gasteiger partial charge in [0.15, 0.2) is 0 Å². The molecule has 2 aromatic rings. The van der Waals surface area contributed by atoms with E-state index in [1.165, 1.54) is 29.0 Å². The molecule has 8 nitrogen and oxygen atoms in total. The number of amides is 5. The molecular formula is C20H18N4O4. The van der Waals surface area contributed by atoms with Crippen molar-refractivity contribution < 1.29 is 19.2 Å². The van der Waals surface area contributed by atoms with Crippen molar-refractivity contribution in [1.29, 1.82) is 0 Å². The second-order valence-corrected chi connectivity index (χ2v) is 6.62. The van der Waals surface area contributed by atoms with Crippen LogP contribution in [-0.4, -0.2) is 54.3 Å². The van der Waals surface area contributed by atoms with Crippen LogP contribution in [0.3, 0.4) is 0 Å². The predicted octanol–water partition coefficient (Wildman–Crippen LogP) is 2.12. The Morgan fingerprint density at radius 2 is 1.68 bits per heavy atom. The zero-order valence-electron chi connectivity index (χ0n) is 15.5. The molecular weight excluding hydrogens is 360 g/mol. The number of anilines is 2. The first-order valence-electron chi connectivity index (χ1n) is 8.80. The summed E-state index contributed by atoms with van der Waals surface area (Å²) in [7, 11) is 2.94. The fourth-order valence-electron chi connectivity index (χ4n) is 3.52. The first-order valence-corrected chi connectivity index (χ1v) is 8.80. The monoisotopic (exact) mass is 378 g/mol. The van der Waals surface area contributed by atoms with Gasteiger partial charge in [-0.2, -0.15) is 0 Å². The molecule has 142 valence electrons. The topological polar surface area (TPSA) is 81.2 Å². The van der Waals surface area contributed by atoms with E-state index in [0.29, 0.717) is 11.4 Å². The van der Waals surface area contributed by atoms with E-state index in [1.807, 2.05) is 6.07 Å². The summed E-state index contributed by atoms with van der Waals surface area (Å²) in [6.45, 7) is 0.235. The van der Waals surface area contributed by atoms with Crippen molar-refractivity contribution in [1.82, 2.24) is 9.91 Å². The van der Waals surface area contributed by atoms with Gasteiger partial charge in [0.1, 0.15) is 0 Å². The minimum atomic E-state index is -0.460. The molecule has 0 saturated carbocycles. The summed E-state index contributed by atoms with van der Waals surface area (Å²) in [5.74, 6) is -1.03. The Hall–Kier alpha value is -3.68. The molecule has 0 aliphatic carbocycles. The van der Waals surface area contributed by atoms with Gasteiger partial charge in [-0.25, -0.2) is 14.8 Å². The molecule has 2 aliphatic rings. The third-order valence-electron chi connectivity index (χ3n) is 4.98. The largest absolute Gasteiger partial charge is 0.343 e. The highest BCUT2D eigenvalue weighted by Gasteiger charge is 2.39. The second-order valence-electron chi connectivity index (χ2n) is 6.62. The maximum Gasteiger partial charge on any atom is 0.343 e. The van der Waals surface area contributed by atoms with E-state index >= 15 is 0 Å². The molecule has 4 rings (SSSR count). The minimum Gasteiger partial charge on any atom is -0.295 e. The molecule has 1 fully saturated rings. The van der Waals surface area contributed by atoms with Crippen LogP contribution in [-0.2, 0) is 4.79 Å². The van der Waals surface area contributed by atoms with Gasteiger partial charge in [0.2, 0.25) is 5.91 Å². The number of carbonyl (C=O) groups excluding carboxylic acids is 4. The van der Waals surface area contributed by atoms with Gasteiger partial charge in [0.05, 0.1) is 29.0 Å². The number of hydrogen-bond acceptors (Lipinski definition) is 4. The van der Waals surface area contributed by atoms with Gasteiger partial charge >= 0.3 is 6.03 Å². The van der Waals surface area contributed by atoms with Crippen LogP contribution in [0.15, 0.2) is 48.5 Å². The van der Waals surface area contributed by atoms with Crippen LogP contribution >= 0.6 is 0 Å². The van der Waals surface area contributed by atoms with Crippen LogP contribution in [0.5, 0.6) is 0 Å². The molecule has 28 heavy (non-hydrogen) atoms. The highest BCUT2D eigenvalue weighted by atomic mass is 16.2. The molecule has 0 spiro atoms. The summed E-state index contributed by atoms with van der Waals surface area (Å²) in [5.41, 5.74) is 1.39. The van der Waals surface area contributed by atoms with Crippen LogP contribution in [0.1, 0.15) is 27.1 Å². The van der Waals surface area contributed by atoms with Gasteiger partial charge in [-0.1, -0.05) is 24.3 Å². The lowest BCUT2D eigenvalue weighted by molar-refractivity contribution is -0.117. The molecule has 0 unspecified atom stereocenters. The average Bonchev–Trinajstić information content (AvgIpc) is 3.21. The van der Waals surface area contributed by atoms with Crippen molar-refractivity contribution in [2.45, 2.75) is 6.42 Å². The van der Waals surface area contributed by atoms with Crippen molar-refractivity contribution in [2.75, 3.05) is 30.5 Å². The van der Waals surface area contributed by atoms with Gasteiger partial charge in [-0.05, 0) is 24.3 Å². The van der Waals surface area contributed by atoms with Crippen LogP contribution < -0.4 is 9.91 Å². The average molecular weight is 378 g/mol. The Morgan fingerprint density at radius 1 is 0.964 bits per heavy atom. The number of benzene rings is 2. The normalized spacial score (nSPS) is 16.1. The van der Waals surface area contributed by atoms with Gasteiger partial charge in [-0.15, -0.1) is 0 Å². The van der Waals surface area contributed by atoms with Crippen LogP contribution in [0.2, 0.25) is 0 Å². The van der Waals surface area contributed by atoms with Crippen molar-refractivity contribution in [3.05, 3.63) is 59.7 Å². The third-order valence-corrected chi connectivity index (χ3v) is 4.98. The number of hydrogen-bond donors (Lipinski definition) is 0. The number of urea groups is 1. The summed E-state index contributed by atoms with van der Waals surface area (Å²) in [6, 6.07) is 13.3. The van der Waals surface area contributed by atoms with Gasteiger partial charge < -0.3 is 0 Å². The molecule has 2 aromatic carbocycles. The van der Waals surface area contributed by atoms with E-state index in [4.69, 9.17) is 0 Å². The first kappa shape index (κ1) is 17.7. The maximum absolute atomic E-state index is 13.2. The Labute approximate surface area is 161 Å². The smallest absolute Gasteiger partial charge is 0.295 e. The van der Waals surface area contributed by atoms with Gasteiger partial charge in [0, 0.05) is 20.5 Å². The van der Waals surface area contributed by atoms with E-state index in [2.05, 4.69) is 0 Å². The Balaban J connectivity index is 1.69. The highest BCUT2D eigenvalue weighted by Crippen LogP contribution is 2.32. The predicted molar refractivity (Wildman–Crippen MR) is 102 cm³/mol. The molecule has 2 heterocycles. The quantitative estimate of drug-likeness (QED) is 0.750. The molecule has 2 aliphatic heterocycles. The summed E-state index contributed by atoms with van der Waals surface area (Å²) in [5, 5.41) is 2.70. The molecule has 0 radical (unpaired) electrons. The number of fused-ring (bicyclic) bond motifs is 1.